The van der Waals surface area contributed by atoms with Crippen LogP contribution in [0.2, 0.25) is 0 Å². The Bertz CT molecular complexity index is 681. The first-order valence-electron chi connectivity index (χ1n) is 7.79. The highest BCUT2D eigenvalue weighted by Gasteiger charge is 2.31. The molecule has 0 saturated carbocycles. The van der Waals surface area contributed by atoms with Gasteiger partial charge in [0.2, 0.25) is 0 Å². The zero-order valence-electron chi connectivity index (χ0n) is 13.2. The van der Waals surface area contributed by atoms with E-state index in [0.29, 0.717) is 22.2 Å². The van der Waals surface area contributed by atoms with E-state index in [1.807, 2.05) is 0 Å². The molecule has 0 bridgehead atoms. The van der Waals surface area contributed by atoms with Crippen LogP contribution in [0.25, 0.3) is 10.2 Å². The number of anilines is 1. The third kappa shape index (κ3) is 3.77. The highest BCUT2D eigenvalue weighted by atomic mass is 32.1. The summed E-state index contributed by atoms with van der Waals surface area (Å²) in [6.07, 6.45) is -3.23. The van der Waals surface area contributed by atoms with Crippen LogP contribution in [0.15, 0.2) is 18.2 Å². The average Bonchev–Trinajstić information content (AvgIpc) is 2.89. The molecule has 1 fully saturated rings. The van der Waals surface area contributed by atoms with Crippen molar-refractivity contribution >= 4 is 26.7 Å². The predicted molar refractivity (Wildman–Crippen MR) is 88.1 cm³/mol. The SMILES string of the molecule is CC(C)C[C@@H]1CN(c2nc3ccc(C(F)(F)F)cc3s2)CCN1. The molecule has 1 aromatic carbocycles. The molecule has 1 aliphatic heterocycles. The van der Waals surface area contributed by atoms with Crippen molar-refractivity contribution in [3.8, 4) is 0 Å². The highest BCUT2D eigenvalue weighted by molar-refractivity contribution is 7.22. The van der Waals surface area contributed by atoms with Gasteiger partial charge in [-0.25, -0.2) is 4.98 Å². The molecule has 1 aromatic heterocycles. The van der Waals surface area contributed by atoms with Crippen molar-refractivity contribution in [3.05, 3.63) is 23.8 Å². The molecule has 126 valence electrons. The van der Waals surface area contributed by atoms with E-state index in [0.717, 1.165) is 37.3 Å². The van der Waals surface area contributed by atoms with E-state index in [9.17, 15) is 13.2 Å². The molecule has 2 aromatic rings. The van der Waals surface area contributed by atoms with Crippen molar-refractivity contribution < 1.29 is 13.2 Å². The molecule has 0 aliphatic carbocycles. The normalized spacial score (nSPS) is 19.7. The van der Waals surface area contributed by atoms with Gasteiger partial charge in [-0.05, 0) is 30.5 Å². The van der Waals surface area contributed by atoms with Gasteiger partial charge in [0.25, 0.3) is 0 Å². The van der Waals surface area contributed by atoms with Gasteiger partial charge in [-0.15, -0.1) is 0 Å². The van der Waals surface area contributed by atoms with E-state index >= 15 is 0 Å². The van der Waals surface area contributed by atoms with Gasteiger partial charge in [0.15, 0.2) is 5.13 Å². The molecule has 23 heavy (non-hydrogen) atoms. The van der Waals surface area contributed by atoms with Gasteiger partial charge in [0.05, 0.1) is 15.8 Å². The van der Waals surface area contributed by atoms with Crippen LogP contribution < -0.4 is 10.2 Å². The van der Waals surface area contributed by atoms with E-state index in [-0.39, 0.29) is 0 Å². The van der Waals surface area contributed by atoms with Gasteiger partial charge < -0.3 is 10.2 Å². The van der Waals surface area contributed by atoms with Crippen LogP contribution in [0.3, 0.4) is 0 Å². The van der Waals surface area contributed by atoms with Crippen LogP contribution in [-0.4, -0.2) is 30.7 Å². The Morgan fingerprint density at radius 2 is 2.17 bits per heavy atom. The van der Waals surface area contributed by atoms with E-state index in [4.69, 9.17) is 0 Å². The lowest BCUT2D eigenvalue weighted by Crippen LogP contribution is -2.51. The number of thiazole rings is 1. The van der Waals surface area contributed by atoms with Crippen LogP contribution in [0, 0.1) is 5.92 Å². The summed E-state index contributed by atoms with van der Waals surface area (Å²) in [4.78, 5) is 6.70. The molecule has 0 radical (unpaired) electrons. The number of fused-ring (bicyclic) bond motifs is 1. The molecule has 0 spiro atoms. The zero-order chi connectivity index (χ0) is 16.6. The summed E-state index contributed by atoms with van der Waals surface area (Å²) in [7, 11) is 0. The van der Waals surface area contributed by atoms with Crippen LogP contribution in [0.5, 0.6) is 0 Å². The molecule has 0 amide bonds. The number of hydrogen-bond donors (Lipinski definition) is 1. The van der Waals surface area contributed by atoms with Gasteiger partial charge in [-0.1, -0.05) is 25.2 Å². The predicted octanol–water partition coefficient (Wildman–Crippen LogP) is 4.14. The third-order valence-corrected chi connectivity index (χ3v) is 5.07. The fraction of sp³-hybridized carbons (Fsp3) is 0.562. The van der Waals surface area contributed by atoms with E-state index in [1.54, 1.807) is 0 Å². The molecule has 1 atom stereocenters. The highest BCUT2D eigenvalue weighted by Crippen LogP contribution is 2.35. The van der Waals surface area contributed by atoms with Gasteiger partial charge in [-0.2, -0.15) is 13.2 Å². The minimum atomic E-state index is -4.31. The molecule has 2 heterocycles. The molecule has 3 rings (SSSR count). The molecule has 0 unspecified atom stereocenters. The molecular formula is C16H20F3N3S. The van der Waals surface area contributed by atoms with Crippen molar-refractivity contribution in [1.82, 2.24) is 10.3 Å². The Hall–Kier alpha value is -1.34. The molecular weight excluding hydrogens is 323 g/mol. The Morgan fingerprint density at radius 3 is 2.87 bits per heavy atom. The maximum Gasteiger partial charge on any atom is 0.416 e. The average molecular weight is 343 g/mol. The van der Waals surface area contributed by atoms with Crippen LogP contribution in [0.1, 0.15) is 25.8 Å². The summed E-state index contributed by atoms with van der Waals surface area (Å²) in [5, 5.41) is 4.31. The number of alkyl halides is 3. The van der Waals surface area contributed by atoms with Crippen molar-refractivity contribution in [2.24, 2.45) is 5.92 Å². The Kier molecular flexibility index (Phi) is 4.51. The second-order valence-corrected chi connectivity index (χ2v) is 7.41. The zero-order valence-corrected chi connectivity index (χ0v) is 14.0. The Labute approximate surface area is 137 Å². The summed E-state index contributed by atoms with van der Waals surface area (Å²) < 4.78 is 39.0. The standard InChI is InChI=1S/C16H20F3N3S/c1-10(2)7-12-9-22(6-5-20-12)15-21-13-4-3-11(16(17,18)19)8-14(13)23-15/h3-4,8,10,12,20H,5-7,9H2,1-2H3/t12-/m1/s1. The molecule has 1 aliphatic rings. The van der Waals surface area contributed by atoms with Crippen molar-refractivity contribution in [3.63, 3.8) is 0 Å². The van der Waals surface area contributed by atoms with Crippen LogP contribution in [-0.2, 0) is 6.18 Å². The van der Waals surface area contributed by atoms with Crippen molar-refractivity contribution in [1.29, 1.82) is 0 Å². The Balaban J connectivity index is 1.82. The summed E-state index contributed by atoms with van der Waals surface area (Å²) in [5.74, 6) is 0.608. The lowest BCUT2D eigenvalue weighted by Gasteiger charge is -2.34. The number of nitrogens with one attached hydrogen (secondary N) is 1. The molecule has 1 N–H and O–H groups in total. The van der Waals surface area contributed by atoms with Gasteiger partial charge in [0, 0.05) is 25.7 Å². The van der Waals surface area contributed by atoms with Gasteiger partial charge in [-0.3, -0.25) is 0 Å². The quantitative estimate of drug-likeness (QED) is 0.908. The molecule has 1 saturated heterocycles. The minimum Gasteiger partial charge on any atom is -0.345 e. The monoisotopic (exact) mass is 343 g/mol. The first kappa shape index (κ1) is 16.5. The fourth-order valence-electron chi connectivity index (χ4n) is 2.95. The topological polar surface area (TPSA) is 28.2 Å². The van der Waals surface area contributed by atoms with Crippen LogP contribution >= 0.6 is 11.3 Å². The number of piperazine rings is 1. The maximum absolute atomic E-state index is 12.8. The van der Waals surface area contributed by atoms with Crippen LogP contribution in [0.4, 0.5) is 18.3 Å². The maximum atomic E-state index is 12.8. The first-order valence-corrected chi connectivity index (χ1v) is 8.60. The second kappa shape index (κ2) is 6.28. The number of benzene rings is 1. The van der Waals surface area contributed by atoms with Crippen molar-refractivity contribution in [2.45, 2.75) is 32.5 Å². The molecule has 7 heteroatoms. The van der Waals surface area contributed by atoms with Crippen molar-refractivity contribution in [2.75, 3.05) is 24.5 Å². The minimum absolute atomic E-state index is 0.404. The number of hydrogen-bond acceptors (Lipinski definition) is 4. The summed E-state index contributed by atoms with van der Waals surface area (Å²) >= 11 is 1.34. The second-order valence-electron chi connectivity index (χ2n) is 6.40. The lowest BCUT2D eigenvalue weighted by molar-refractivity contribution is -0.137. The number of nitrogens with zero attached hydrogens (tertiary/aromatic N) is 2. The largest absolute Gasteiger partial charge is 0.416 e. The van der Waals surface area contributed by atoms with Gasteiger partial charge in [0.1, 0.15) is 0 Å². The number of aromatic nitrogens is 1. The number of rotatable bonds is 3. The van der Waals surface area contributed by atoms with Gasteiger partial charge >= 0.3 is 6.18 Å². The van der Waals surface area contributed by atoms with E-state index in [1.165, 1.54) is 23.5 Å². The first-order chi connectivity index (χ1) is 10.8. The number of halogens is 3. The smallest absolute Gasteiger partial charge is 0.345 e. The fourth-order valence-corrected chi connectivity index (χ4v) is 3.99. The summed E-state index contributed by atoms with van der Waals surface area (Å²) in [5.41, 5.74) is 0.0233. The summed E-state index contributed by atoms with van der Waals surface area (Å²) in [6.45, 7) is 6.94. The Morgan fingerprint density at radius 1 is 1.39 bits per heavy atom. The molecule has 3 nitrogen and oxygen atoms in total. The third-order valence-electron chi connectivity index (χ3n) is 3.99. The summed E-state index contributed by atoms with van der Waals surface area (Å²) in [6, 6.07) is 4.17. The van der Waals surface area contributed by atoms with E-state index < -0.39 is 11.7 Å². The van der Waals surface area contributed by atoms with E-state index in [2.05, 4.69) is 29.0 Å². The lowest BCUT2D eigenvalue weighted by atomic mass is 10.0.